The molecule has 0 spiro atoms. The summed E-state index contributed by atoms with van der Waals surface area (Å²) in [7, 11) is 8.69. The summed E-state index contributed by atoms with van der Waals surface area (Å²) in [5, 5.41) is 16.1. The van der Waals surface area contributed by atoms with E-state index in [0.717, 1.165) is 67.2 Å². The molecule has 0 aromatic rings. The summed E-state index contributed by atoms with van der Waals surface area (Å²) in [4.78, 5) is 24.0. The van der Waals surface area contributed by atoms with Gasteiger partial charge in [0.1, 0.15) is 12.6 Å². The van der Waals surface area contributed by atoms with E-state index >= 15 is 0 Å². The number of rotatable bonds is 18. The van der Waals surface area contributed by atoms with Crippen molar-refractivity contribution in [1.82, 2.24) is 10.6 Å². The van der Waals surface area contributed by atoms with Crippen LogP contribution in [0, 0.1) is 5.92 Å². The maximum absolute atomic E-state index is 12.0. The number of aliphatic hydroxyl groups is 1. The van der Waals surface area contributed by atoms with Crippen LogP contribution in [0.15, 0.2) is 0 Å². The molecule has 0 saturated heterocycles. The molecule has 2 amide bonds. The number of aliphatic hydroxyl groups excluding tert-OH is 1. The Morgan fingerprint density at radius 3 is 1.69 bits per heavy atom. The molecule has 0 aliphatic carbocycles. The molecule has 0 aromatic carbocycles. The molecule has 3 N–H and O–H groups in total. The highest BCUT2D eigenvalue weighted by Gasteiger charge is 2.21. The predicted molar refractivity (Wildman–Crippen MR) is 133 cm³/mol. The monoisotopic (exact) mass is 458 g/mol. The van der Waals surface area contributed by atoms with Crippen LogP contribution in [-0.4, -0.2) is 98.9 Å². The third-order valence-corrected chi connectivity index (χ3v) is 6.40. The van der Waals surface area contributed by atoms with Gasteiger partial charge in [0.15, 0.2) is 0 Å². The number of carbonyl (C=O) groups is 2. The van der Waals surface area contributed by atoms with Crippen LogP contribution in [0.5, 0.6) is 0 Å². The molecule has 0 aliphatic heterocycles. The number of hydrogen-bond acceptors (Lipinski definition) is 3. The van der Waals surface area contributed by atoms with Crippen molar-refractivity contribution >= 4 is 11.8 Å². The van der Waals surface area contributed by atoms with Crippen molar-refractivity contribution in [2.45, 2.75) is 84.8 Å². The van der Waals surface area contributed by atoms with E-state index in [1.165, 1.54) is 0 Å². The molecule has 0 rings (SSSR count). The number of hydrogen-bond donors (Lipinski definition) is 3. The number of nitrogens with one attached hydrogen (secondary N) is 2. The molecular weight excluding hydrogens is 404 g/mol. The van der Waals surface area contributed by atoms with Gasteiger partial charge < -0.3 is 24.7 Å². The second-order valence-electron chi connectivity index (χ2n) is 11.3. The molecule has 0 bridgehead atoms. The summed E-state index contributed by atoms with van der Waals surface area (Å²) in [6, 6.07) is 0.574. The fraction of sp³-hybridized carbons (Fsp3) is 0.920. The zero-order chi connectivity index (χ0) is 24.8. The zero-order valence-electron chi connectivity index (χ0n) is 22.4. The van der Waals surface area contributed by atoms with E-state index in [1.54, 1.807) is 0 Å². The molecule has 1 unspecified atom stereocenters. The Morgan fingerprint density at radius 1 is 0.781 bits per heavy atom. The lowest BCUT2D eigenvalue weighted by Gasteiger charge is -2.34. The van der Waals surface area contributed by atoms with E-state index in [-0.39, 0.29) is 17.9 Å². The van der Waals surface area contributed by atoms with Gasteiger partial charge >= 0.3 is 0 Å². The number of likely N-dealkylation sites (N-methyl/N-ethyl adjacent to an activating group) is 1. The number of amides is 2. The summed E-state index contributed by atoms with van der Waals surface area (Å²) >= 11 is 0. The summed E-state index contributed by atoms with van der Waals surface area (Å²) in [6.45, 7) is 12.8. The number of nitrogens with zero attached hydrogens (tertiary/aromatic N) is 2. The second-order valence-corrected chi connectivity index (χ2v) is 11.3. The molecule has 7 nitrogen and oxygen atoms in total. The molecule has 0 radical (unpaired) electrons. The highest BCUT2D eigenvalue weighted by Crippen LogP contribution is 2.10. The van der Waals surface area contributed by atoms with E-state index in [0.29, 0.717) is 31.3 Å². The van der Waals surface area contributed by atoms with Crippen LogP contribution in [0.25, 0.3) is 0 Å². The van der Waals surface area contributed by atoms with Gasteiger partial charge in [0.2, 0.25) is 11.8 Å². The summed E-state index contributed by atoms with van der Waals surface area (Å²) in [5.74, 6) is 0.640. The molecular formula is C25H54N4O3+2. The highest BCUT2D eigenvalue weighted by atomic mass is 16.3. The number of carbonyl (C=O) groups excluding carboxylic acids is 2. The average molecular weight is 459 g/mol. The van der Waals surface area contributed by atoms with Crippen molar-refractivity contribution in [3.05, 3.63) is 0 Å². The molecule has 0 aliphatic rings. The number of unbranched alkanes of at least 4 members (excludes halogenated alkanes) is 1. The lowest BCUT2D eigenvalue weighted by Crippen LogP contribution is -2.47. The first kappa shape index (κ1) is 30.8. The largest absolute Gasteiger partial charge is 0.387 e. The lowest BCUT2D eigenvalue weighted by molar-refractivity contribution is -0.911. The standard InChI is InChI=1S/C25H52N4O3/c1-21(2)19-23(30)20-28(5,6)17-11-15-26-24(31)13-9-10-14-25(32)27-16-12-18-29(7,8)22(3)4/h21-23,30H,9-20H2,1-8H3/p+2. The van der Waals surface area contributed by atoms with Crippen LogP contribution in [0.2, 0.25) is 0 Å². The van der Waals surface area contributed by atoms with Gasteiger partial charge in [0, 0.05) is 38.8 Å². The molecule has 0 saturated carbocycles. The Balaban J connectivity index is 3.78. The van der Waals surface area contributed by atoms with Crippen molar-refractivity contribution in [2.24, 2.45) is 5.92 Å². The van der Waals surface area contributed by atoms with Crippen molar-refractivity contribution in [1.29, 1.82) is 0 Å². The maximum atomic E-state index is 12.0. The Hall–Kier alpha value is -1.18. The predicted octanol–water partition coefficient (Wildman–Crippen LogP) is 2.53. The molecule has 0 fully saturated rings. The molecule has 7 heteroatoms. The Bertz CT molecular complexity index is 533. The molecule has 0 heterocycles. The van der Waals surface area contributed by atoms with Gasteiger partial charge in [-0.2, -0.15) is 0 Å². The highest BCUT2D eigenvalue weighted by molar-refractivity contribution is 5.77. The third kappa shape index (κ3) is 16.5. The minimum Gasteiger partial charge on any atom is -0.387 e. The van der Waals surface area contributed by atoms with Crippen LogP contribution < -0.4 is 10.6 Å². The van der Waals surface area contributed by atoms with Gasteiger partial charge in [-0.1, -0.05) is 13.8 Å². The van der Waals surface area contributed by atoms with E-state index in [4.69, 9.17) is 0 Å². The fourth-order valence-electron chi connectivity index (χ4n) is 3.74. The van der Waals surface area contributed by atoms with Gasteiger partial charge in [0.05, 0.1) is 47.3 Å². The molecule has 190 valence electrons. The van der Waals surface area contributed by atoms with E-state index in [9.17, 15) is 14.7 Å². The minimum absolute atomic E-state index is 0.0595. The van der Waals surface area contributed by atoms with Crippen molar-refractivity contribution in [3.63, 3.8) is 0 Å². The molecule has 1 atom stereocenters. The van der Waals surface area contributed by atoms with Gasteiger partial charge in [0.25, 0.3) is 0 Å². The Morgan fingerprint density at radius 2 is 1.25 bits per heavy atom. The quantitative estimate of drug-likeness (QED) is 0.218. The normalized spacial score (nSPS) is 13.5. The Labute approximate surface area is 198 Å². The van der Waals surface area contributed by atoms with E-state index in [1.807, 2.05) is 0 Å². The van der Waals surface area contributed by atoms with Crippen LogP contribution in [0.1, 0.15) is 72.6 Å². The number of quaternary nitrogens is 2. The van der Waals surface area contributed by atoms with Crippen LogP contribution in [0.4, 0.5) is 0 Å². The zero-order valence-corrected chi connectivity index (χ0v) is 22.4. The molecule has 0 aromatic heterocycles. The van der Waals surface area contributed by atoms with E-state index in [2.05, 4.69) is 66.5 Å². The summed E-state index contributed by atoms with van der Waals surface area (Å²) in [6.07, 6.45) is 4.85. The molecule has 32 heavy (non-hydrogen) atoms. The van der Waals surface area contributed by atoms with Crippen molar-refractivity contribution in [2.75, 3.05) is 60.9 Å². The lowest BCUT2D eigenvalue weighted by atomic mass is 10.1. The van der Waals surface area contributed by atoms with Gasteiger partial charge in [-0.05, 0) is 39.0 Å². The second kappa shape index (κ2) is 15.6. The first-order valence-corrected chi connectivity index (χ1v) is 12.6. The third-order valence-electron chi connectivity index (χ3n) is 6.40. The summed E-state index contributed by atoms with van der Waals surface area (Å²) < 4.78 is 1.72. The van der Waals surface area contributed by atoms with Gasteiger partial charge in [-0.3, -0.25) is 9.59 Å². The van der Waals surface area contributed by atoms with Gasteiger partial charge in [-0.15, -0.1) is 0 Å². The maximum Gasteiger partial charge on any atom is 0.219 e. The summed E-state index contributed by atoms with van der Waals surface area (Å²) in [5.41, 5.74) is 0. The van der Waals surface area contributed by atoms with Crippen LogP contribution in [0.3, 0.4) is 0 Å². The first-order valence-electron chi connectivity index (χ1n) is 12.6. The minimum atomic E-state index is -0.275. The van der Waals surface area contributed by atoms with E-state index < -0.39 is 0 Å². The SMILES string of the molecule is CC(C)CC(O)C[N+](C)(C)CCCNC(=O)CCCCC(=O)NCCC[N+](C)(C)C(C)C. The van der Waals surface area contributed by atoms with Gasteiger partial charge in [-0.25, -0.2) is 0 Å². The topological polar surface area (TPSA) is 78.4 Å². The average Bonchev–Trinajstić information content (AvgIpc) is 2.64. The first-order chi connectivity index (χ1) is 14.7. The van der Waals surface area contributed by atoms with Crippen molar-refractivity contribution < 1.29 is 23.7 Å². The van der Waals surface area contributed by atoms with Crippen molar-refractivity contribution in [3.8, 4) is 0 Å². The van der Waals surface area contributed by atoms with Crippen LogP contribution >= 0.6 is 0 Å². The van der Waals surface area contributed by atoms with Crippen LogP contribution in [-0.2, 0) is 9.59 Å². The fourth-order valence-corrected chi connectivity index (χ4v) is 3.74. The smallest absolute Gasteiger partial charge is 0.219 e. The Kier molecular flexibility index (Phi) is 15.0.